The Morgan fingerprint density at radius 2 is 1.66 bits per heavy atom. The highest BCUT2D eigenvalue weighted by atomic mass is 32.2. The zero-order valence-corrected chi connectivity index (χ0v) is 20.2. The van der Waals surface area contributed by atoms with E-state index in [-0.39, 0.29) is 23.0 Å². The molecule has 3 aromatic rings. The Balaban J connectivity index is 1.90. The van der Waals surface area contributed by atoms with E-state index < -0.39 is 9.84 Å². The number of hydrogen-bond donors (Lipinski definition) is 0. The number of amides is 1. The van der Waals surface area contributed by atoms with E-state index >= 15 is 0 Å². The maximum atomic E-state index is 13.2. The number of hydrogen-bond acceptors (Lipinski definition) is 8. The molecule has 32 heavy (non-hydrogen) atoms. The molecule has 8 nitrogen and oxygen atoms in total. The average Bonchev–Trinajstić information content (AvgIpc) is 3.22. The quantitative estimate of drug-likeness (QED) is 0.443. The molecule has 0 bridgehead atoms. The van der Waals surface area contributed by atoms with Gasteiger partial charge in [0.15, 0.2) is 15.0 Å². The lowest BCUT2D eigenvalue weighted by Gasteiger charge is -2.22. The van der Waals surface area contributed by atoms with Crippen LogP contribution in [0.2, 0.25) is 0 Å². The molecular formula is C22H27N3O5S2. The molecule has 2 aromatic carbocycles. The van der Waals surface area contributed by atoms with Gasteiger partial charge >= 0.3 is 0 Å². The maximum absolute atomic E-state index is 13.2. The van der Waals surface area contributed by atoms with Gasteiger partial charge < -0.3 is 14.4 Å². The number of ether oxygens (including phenoxy) is 2. The third kappa shape index (κ3) is 5.37. The summed E-state index contributed by atoms with van der Waals surface area (Å²) in [5.74, 6) is 0.640. The Hall–Kier alpha value is -2.69. The molecule has 1 amide bonds. The molecule has 0 aliphatic carbocycles. The number of carbonyl (C=O) groups excluding carboxylic acids is 1. The smallest absolute Gasteiger partial charge is 0.229 e. The van der Waals surface area contributed by atoms with Crippen molar-refractivity contribution in [2.24, 2.45) is 0 Å². The SMILES string of the molecule is COc1ccc(OC)c2sc(N(CCN(C)C)C(=O)CCS(=O)(=O)c3ccccc3)nc12. The van der Waals surface area contributed by atoms with E-state index in [0.717, 1.165) is 4.70 Å². The number of likely N-dealkylation sites (N-methyl/N-ethyl adjacent to an activating group) is 1. The minimum atomic E-state index is -3.56. The highest BCUT2D eigenvalue weighted by Crippen LogP contribution is 2.40. The van der Waals surface area contributed by atoms with E-state index in [2.05, 4.69) is 4.98 Å². The first-order chi connectivity index (χ1) is 15.3. The predicted molar refractivity (Wildman–Crippen MR) is 127 cm³/mol. The van der Waals surface area contributed by atoms with Gasteiger partial charge in [0.25, 0.3) is 0 Å². The van der Waals surface area contributed by atoms with Crippen LogP contribution >= 0.6 is 11.3 Å². The Bertz CT molecular complexity index is 1140. The summed E-state index contributed by atoms with van der Waals surface area (Å²) in [6.45, 7) is 0.975. The molecule has 0 spiro atoms. The summed E-state index contributed by atoms with van der Waals surface area (Å²) in [7, 11) is 3.39. The highest BCUT2D eigenvalue weighted by molar-refractivity contribution is 7.91. The molecule has 1 heterocycles. The van der Waals surface area contributed by atoms with Gasteiger partial charge in [-0.1, -0.05) is 29.5 Å². The third-order valence-corrected chi connectivity index (χ3v) is 7.71. The van der Waals surface area contributed by atoms with Crippen molar-refractivity contribution in [3.8, 4) is 11.5 Å². The van der Waals surface area contributed by atoms with Gasteiger partial charge in [0.05, 0.1) is 24.9 Å². The summed E-state index contributed by atoms with van der Waals surface area (Å²) >= 11 is 1.32. The molecule has 0 N–H and O–H groups in total. The van der Waals surface area contributed by atoms with E-state index in [1.54, 1.807) is 49.5 Å². The van der Waals surface area contributed by atoms with Crippen molar-refractivity contribution >= 4 is 42.4 Å². The molecule has 0 radical (unpaired) electrons. The monoisotopic (exact) mass is 477 g/mol. The number of carbonyl (C=O) groups is 1. The molecule has 0 atom stereocenters. The first kappa shape index (κ1) is 24.0. The Kier molecular flexibility index (Phi) is 7.70. The Morgan fingerprint density at radius 1 is 1.00 bits per heavy atom. The van der Waals surface area contributed by atoms with Crippen LogP contribution < -0.4 is 14.4 Å². The van der Waals surface area contributed by atoms with E-state index in [0.29, 0.717) is 35.2 Å². The van der Waals surface area contributed by atoms with Crippen LogP contribution in [-0.4, -0.2) is 71.4 Å². The lowest BCUT2D eigenvalue weighted by atomic mass is 10.3. The molecule has 0 aliphatic heterocycles. The van der Waals surface area contributed by atoms with Gasteiger partial charge in [-0.15, -0.1) is 0 Å². The van der Waals surface area contributed by atoms with E-state index in [1.165, 1.54) is 23.5 Å². The summed E-state index contributed by atoms with van der Waals surface area (Å²) in [5, 5.41) is 0.478. The standard InChI is InChI=1S/C22H27N3O5S2/c1-24(2)13-14-25(19(26)12-15-32(27,28)16-8-6-5-7-9-16)22-23-20-17(29-3)10-11-18(30-4)21(20)31-22/h5-11H,12-15H2,1-4H3. The minimum Gasteiger partial charge on any atom is -0.495 e. The topological polar surface area (TPSA) is 89.0 Å². The molecule has 0 unspecified atom stereocenters. The molecule has 0 saturated carbocycles. The van der Waals surface area contributed by atoms with E-state index in [9.17, 15) is 13.2 Å². The molecule has 1 aromatic heterocycles. The van der Waals surface area contributed by atoms with Gasteiger partial charge in [-0.25, -0.2) is 13.4 Å². The zero-order valence-electron chi connectivity index (χ0n) is 18.6. The fourth-order valence-electron chi connectivity index (χ4n) is 3.12. The fraction of sp³-hybridized carbons (Fsp3) is 0.364. The van der Waals surface area contributed by atoms with Gasteiger partial charge in [0.1, 0.15) is 21.7 Å². The Labute approximate surface area is 192 Å². The summed E-state index contributed by atoms with van der Waals surface area (Å²) in [6.07, 6.45) is -0.144. The molecule has 0 fully saturated rings. The molecule has 10 heteroatoms. The normalized spacial score (nSPS) is 11.7. The summed E-state index contributed by atoms with van der Waals surface area (Å²) in [6, 6.07) is 11.7. The largest absolute Gasteiger partial charge is 0.495 e. The predicted octanol–water partition coefficient (Wildman–Crippen LogP) is 3.07. The van der Waals surface area contributed by atoms with Crippen molar-refractivity contribution in [3.05, 3.63) is 42.5 Å². The second-order valence-electron chi connectivity index (χ2n) is 7.37. The van der Waals surface area contributed by atoms with Crippen LogP contribution in [0.25, 0.3) is 10.2 Å². The fourth-order valence-corrected chi connectivity index (χ4v) is 5.49. The van der Waals surface area contributed by atoms with Crippen molar-refractivity contribution < 1.29 is 22.7 Å². The number of methoxy groups -OCH3 is 2. The van der Waals surface area contributed by atoms with Crippen molar-refractivity contribution in [1.29, 1.82) is 0 Å². The van der Waals surface area contributed by atoms with Crippen LogP contribution in [0.3, 0.4) is 0 Å². The number of sulfone groups is 1. The molecule has 0 aliphatic rings. The number of rotatable bonds is 10. The molecule has 3 rings (SSSR count). The Morgan fingerprint density at radius 3 is 2.28 bits per heavy atom. The second-order valence-corrected chi connectivity index (χ2v) is 10.5. The third-order valence-electron chi connectivity index (χ3n) is 4.89. The number of fused-ring (bicyclic) bond motifs is 1. The van der Waals surface area contributed by atoms with Gasteiger partial charge in [-0.3, -0.25) is 9.69 Å². The van der Waals surface area contributed by atoms with Crippen LogP contribution in [0.1, 0.15) is 6.42 Å². The highest BCUT2D eigenvalue weighted by Gasteiger charge is 2.24. The average molecular weight is 478 g/mol. The van der Waals surface area contributed by atoms with Crippen LogP contribution in [0.15, 0.2) is 47.4 Å². The summed E-state index contributed by atoms with van der Waals surface area (Å²) in [5.41, 5.74) is 0.603. The number of aromatic nitrogens is 1. The first-order valence-corrected chi connectivity index (χ1v) is 12.5. The van der Waals surface area contributed by atoms with Crippen LogP contribution in [-0.2, 0) is 14.6 Å². The van der Waals surface area contributed by atoms with E-state index in [1.807, 2.05) is 19.0 Å². The number of nitrogens with zero attached hydrogens (tertiary/aromatic N) is 3. The van der Waals surface area contributed by atoms with Gasteiger partial charge in [0.2, 0.25) is 5.91 Å². The summed E-state index contributed by atoms with van der Waals surface area (Å²) < 4.78 is 36.9. The van der Waals surface area contributed by atoms with E-state index in [4.69, 9.17) is 9.47 Å². The van der Waals surface area contributed by atoms with Crippen molar-refractivity contribution in [2.75, 3.05) is 52.1 Å². The lowest BCUT2D eigenvalue weighted by molar-refractivity contribution is -0.118. The van der Waals surface area contributed by atoms with Crippen molar-refractivity contribution in [2.45, 2.75) is 11.3 Å². The zero-order chi connectivity index (χ0) is 23.3. The second kappa shape index (κ2) is 10.3. The van der Waals surface area contributed by atoms with Crippen LogP contribution in [0.4, 0.5) is 5.13 Å². The first-order valence-electron chi connectivity index (χ1n) is 10.0. The van der Waals surface area contributed by atoms with Crippen molar-refractivity contribution in [1.82, 2.24) is 9.88 Å². The number of benzene rings is 2. The molecular weight excluding hydrogens is 450 g/mol. The lowest BCUT2D eigenvalue weighted by Crippen LogP contribution is -2.37. The van der Waals surface area contributed by atoms with Gasteiger partial charge in [-0.05, 0) is 38.4 Å². The minimum absolute atomic E-state index is 0.144. The summed E-state index contributed by atoms with van der Waals surface area (Å²) in [4.78, 5) is 21.5. The molecule has 0 saturated heterocycles. The van der Waals surface area contributed by atoms with Crippen LogP contribution in [0.5, 0.6) is 11.5 Å². The van der Waals surface area contributed by atoms with Gasteiger partial charge in [0, 0.05) is 19.5 Å². The van der Waals surface area contributed by atoms with Crippen molar-refractivity contribution in [3.63, 3.8) is 0 Å². The molecule has 172 valence electrons. The van der Waals surface area contributed by atoms with Gasteiger partial charge in [-0.2, -0.15) is 0 Å². The number of thiazole rings is 1. The maximum Gasteiger partial charge on any atom is 0.229 e. The number of anilines is 1. The van der Waals surface area contributed by atoms with Crippen LogP contribution in [0, 0.1) is 0 Å².